The number of rotatable bonds is 8. The lowest BCUT2D eigenvalue weighted by Crippen LogP contribution is -2.27. The molecule has 0 saturated heterocycles. The summed E-state index contributed by atoms with van der Waals surface area (Å²) in [4.78, 5) is 6.42. The van der Waals surface area contributed by atoms with Crippen LogP contribution in [0.15, 0.2) is 27.5 Å². The van der Waals surface area contributed by atoms with Crippen molar-refractivity contribution in [2.45, 2.75) is 52.5 Å². The van der Waals surface area contributed by atoms with Crippen LogP contribution in [0.1, 0.15) is 46.5 Å². The molecule has 0 unspecified atom stereocenters. The summed E-state index contributed by atoms with van der Waals surface area (Å²) < 4.78 is 0. The van der Waals surface area contributed by atoms with Crippen molar-refractivity contribution in [3.8, 4) is 0 Å². The van der Waals surface area contributed by atoms with Crippen LogP contribution in [0.5, 0.6) is 0 Å². The fourth-order valence-electron chi connectivity index (χ4n) is 2.05. The van der Waals surface area contributed by atoms with Gasteiger partial charge in [-0.3, -0.25) is 0 Å². The molecular formula is C15H24Cl2N2O. The summed E-state index contributed by atoms with van der Waals surface area (Å²) in [6.07, 6.45) is 6.02. The van der Waals surface area contributed by atoms with Crippen LogP contribution in [0.3, 0.4) is 0 Å². The normalized spacial score (nSPS) is 18.1. The first kappa shape index (κ1) is 17.5. The van der Waals surface area contributed by atoms with Crippen molar-refractivity contribution in [2.24, 2.45) is 4.99 Å². The van der Waals surface area contributed by atoms with E-state index in [1.807, 2.05) is 6.08 Å². The molecule has 1 aliphatic rings. The summed E-state index contributed by atoms with van der Waals surface area (Å²) in [5.74, 6) is 0. The van der Waals surface area contributed by atoms with E-state index in [0.29, 0.717) is 16.4 Å². The van der Waals surface area contributed by atoms with Crippen LogP contribution in [-0.4, -0.2) is 34.4 Å². The van der Waals surface area contributed by atoms with Gasteiger partial charge in [-0.25, -0.2) is 4.99 Å². The molecule has 1 rings (SSSR count). The number of hydrogen-bond acceptors (Lipinski definition) is 3. The van der Waals surface area contributed by atoms with E-state index in [1.54, 1.807) is 6.92 Å². The van der Waals surface area contributed by atoms with Crippen LogP contribution in [0.2, 0.25) is 0 Å². The molecule has 0 bridgehead atoms. The van der Waals surface area contributed by atoms with Gasteiger partial charge < -0.3 is 10.0 Å². The van der Waals surface area contributed by atoms with Gasteiger partial charge in [-0.05, 0) is 45.6 Å². The standard InChI is InChI=1S/C15H24Cl2N2O/c1-4-11(2)14(10-15(17)18-12(3)16)19(8-5-9-20)13-6-7-13/h10,13,20H,4-9H2,1-3H3/b14-11-,15-10-,18-12?. The second-order valence-electron chi connectivity index (χ2n) is 5.10. The Balaban J connectivity index is 3.01. The Bertz CT molecular complexity index is 408. The van der Waals surface area contributed by atoms with Gasteiger partial charge >= 0.3 is 0 Å². The summed E-state index contributed by atoms with van der Waals surface area (Å²) in [5.41, 5.74) is 2.39. The Morgan fingerprint density at radius 3 is 2.45 bits per heavy atom. The number of aliphatic hydroxyl groups is 1. The monoisotopic (exact) mass is 318 g/mol. The summed E-state index contributed by atoms with van der Waals surface area (Å²) >= 11 is 11.9. The van der Waals surface area contributed by atoms with Gasteiger partial charge in [0.2, 0.25) is 0 Å². The van der Waals surface area contributed by atoms with Gasteiger partial charge in [-0.2, -0.15) is 0 Å². The molecule has 1 fully saturated rings. The number of halogens is 2. The molecule has 0 aromatic heterocycles. The van der Waals surface area contributed by atoms with Crippen LogP contribution >= 0.6 is 23.2 Å². The minimum Gasteiger partial charge on any atom is -0.396 e. The van der Waals surface area contributed by atoms with Crippen LogP contribution in [-0.2, 0) is 0 Å². The van der Waals surface area contributed by atoms with Crippen molar-refractivity contribution >= 4 is 28.4 Å². The highest BCUT2D eigenvalue weighted by Crippen LogP contribution is 2.33. The third-order valence-corrected chi connectivity index (χ3v) is 3.62. The molecule has 0 aromatic rings. The van der Waals surface area contributed by atoms with Crippen molar-refractivity contribution in [1.29, 1.82) is 0 Å². The Hall–Kier alpha value is -0.510. The third kappa shape index (κ3) is 5.86. The maximum Gasteiger partial charge on any atom is 0.132 e. The highest BCUT2D eigenvalue weighted by atomic mass is 35.5. The average molecular weight is 319 g/mol. The zero-order valence-corrected chi connectivity index (χ0v) is 14.0. The van der Waals surface area contributed by atoms with E-state index in [9.17, 15) is 0 Å². The van der Waals surface area contributed by atoms with E-state index in [0.717, 1.165) is 25.1 Å². The fraction of sp³-hybridized carbons (Fsp3) is 0.667. The Morgan fingerprint density at radius 1 is 1.35 bits per heavy atom. The van der Waals surface area contributed by atoms with Gasteiger partial charge in [0.1, 0.15) is 10.3 Å². The quantitative estimate of drug-likeness (QED) is 0.412. The van der Waals surface area contributed by atoms with Gasteiger partial charge in [0, 0.05) is 24.9 Å². The number of hydrogen-bond donors (Lipinski definition) is 1. The smallest absolute Gasteiger partial charge is 0.132 e. The van der Waals surface area contributed by atoms with Gasteiger partial charge in [-0.15, -0.1) is 0 Å². The molecule has 1 N–H and O–H groups in total. The van der Waals surface area contributed by atoms with Gasteiger partial charge in [0.15, 0.2) is 0 Å². The SMILES string of the molecule is CC/C(C)=C(/C=C(/Cl)N=C(C)Cl)N(CCCO)C1CC1. The summed E-state index contributed by atoms with van der Waals surface area (Å²) in [5, 5.41) is 9.89. The number of aliphatic hydroxyl groups excluding tert-OH is 1. The molecule has 0 heterocycles. The lowest BCUT2D eigenvalue weighted by atomic mass is 10.1. The van der Waals surface area contributed by atoms with E-state index >= 15 is 0 Å². The topological polar surface area (TPSA) is 35.8 Å². The lowest BCUT2D eigenvalue weighted by Gasteiger charge is -2.27. The molecule has 114 valence electrons. The third-order valence-electron chi connectivity index (χ3n) is 3.34. The maximum absolute atomic E-state index is 9.07. The number of aliphatic imine (C=N–C) groups is 1. The first-order valence-electron chi connectivity index (χ1n) is 7.14. The van der Waals surface area contributed by atoms with Crippen LogP contribution in [0, 0.1) is 0 Å². The van der Waals surface area contributed by atoms with Crippen molar-refractivity contribution in [2.75, 3.05) is 13.2 Å². The summed E-state index contributed by atoms with van der Waals surface area (Å²) in [7, 11) is 0. The molecule has 5 heteroatoms. The highest BCUT2D eigenvalue weighted by Gasteiger charge is 2.30. The Morgan fingerprint density at radius 2 is 2.00 bits per heavy atom. The molecule has 0 aromatic carbocycles. The molecule has 0 amide bonds. The van der Waals surface area contributed by atoms with Crippen LogP contribution < -0.4 is 0 Å². The van der Waals surface area contributed by atoms with Gasteiger partial charge in [-0.1, -0.05) is 35.7 Å². The maximum atomic E-state index is 9.07. The zero-order valence-electron chi connectivity index (χ0n) is 12.5. The average Bonchev–Trinajstić information content (AvgIpc) is 3.20. The first-order valence-corrected chi connectivity index (χ1v) is 7.90. The number of allylic oxidation sites excluding steroid dienone is 2. The second kappa shape index (κ2) is 8.71. The molecule has 3 nitrogen and oxygen atoms in total. The lowest BCUT2D eigenvalue weighted by molar-refractivity contribution is 0.249. The predicted octanol–water partition coefficient (Wildman–Crippen LogP) is 4.25. The molecular weight excluding hydrogens is 295 g/mol. The van der Waals surface area contributed by atoms with E-state index in [-0.39, 0.29) is 6.61 Å². The Labute approximate surface area is 132 Å². The predicted molar refractivity (Wildman–Crippen MR) is 87.3 cm³/mol. The zero-order chi connectivity index (χ0) is 15.1. The van der Waals surface area contributed by atoms with E-state index in [1.165, 1.54) is 18.4 Å². The van der Waals surface area contributed by atoms with Gasteiger partial charge in [0.25, 0.3) is 0 Å². The first-order chi connectivity index (χ1) is 9.49. The van der Waals surface area contributed by atoms with Crippen molar-refractivity contribution in [3.63, 3.8) is 0 Å². The van der Waals surface area contributed by atoms with Gasteiger partial charge in [0.05, 0.1) is 0 Å². The minimum absolute atomic E-state index is 0.206. The van der Waals surface area contributed by atoms with Crippen LogP contribution in [0.4, 0.5) is 0 Å². The molecule has 0 radical (unpaired) electrons. The van der Waals surface area contributed by atoms with Crippen LogP contribution in [0.25, 0.3) is 0 Å². The molecule has 0 atom stereocenters. The number of nitrogens with zero attached hydrogens (tertiary/aromatic N) is 2. The summed E-state index contributed by atoms with van der Waals surface area (Å²) in [6, 6.07) is 0.569. The van der Waals surface area contributed by atoms with E-state index in [2.05, 4.69) is 23.7 Å². The van der Waals surface area contributed by atoms with Crippen molar-refractivity contribution < 1.29 is 5.11 Å². The molecule has 0 spiro atoms. The fourth-order valence-corrected chi connectivity index (χ4v) is 2.42. The largest absolute Gasteiger partial charge is 0.396 e. The van der Waals surface area contributed by atoms with E-state index in [4.69, 9.17) is 28.3 Å². The molecule has 20 heavy (non-hydrogen) atoms. The molecule has 1 aliphatic carbocycles. The second-order valence-corrected chi connectivity index (χ2v) is 6.03. The Kier molecular flexibility index (Phi) is 7.63. The van der Waals surface area contributed by atoms with E-state index < -0.39 is 0 Å². The summed E-state index contributed by atoms with van der Waals surface area (Å²) in [6.45, 7) is 7.00. The molecule has 1 saturated carbocycles. The molecule has 0 aliphatic heterocycles. The minimum atomic E-state index is 0.206. The van der Waals surface area contributed by atoms with Crippen molar-refractivity contribution in [1.82, 2.24) is 4.90 Å². The van der Waals surface area contributed by atoms with Crippen molar-refractivity contribution in [3.05, 3.63) is 22.5 Å². The highest BCUT2D eigenvalue weighted by molar-refractivity contribution is 6.65.